The molecule has 0 aliphatic carbocycles. The fourth-order valence-corrected chi connectivity index (χ4v) is 3.52. The molecule has 32 heavy (non-hydrogen) atoms. The molecule has 3 aromatic rings. The van der Waals surface area contributed by atoms with Crippen molar-refractivity contribution in [1.82, 2.24) is 9.88 Å². The molecule has 2 amide bonds. The number of imide groups is 1. The van der Waals surface area contributed by atoms with Gasteiger partial charge in [-0.25, -0.2) is 0 Å². The topological polar surface area (TPSA) is 74.8 Å². The minimum absolute atomic E-state index is 0.149. The first-order chi connectivity index (χ1) is 15.5. The molecule has 0 saturated heterocycles. The predicted molar refractivity (Wildman–Crippen MR) is 124 cm³/mol. The molecule has 4 rings (SSSR count). The van der Waals surface area contributed by atoms with Gasteiger partial charge in [-0.15, -0.1) is 0 Å². The molecule has 7 nitrogen and oxygen atoms in total. The smallest absolute Gasteiger partial charge is 0.278 e. The van der Waals surface area contributed by atoms with E-state index in [0.717, 1.165) is 16.9 Å². The van der Waals surface area contributed by atoms with E-state index in [9.17, 15) is 9.59 Å². The number of pyridine rings is 1. The molecule has 1 aliphatic rings. The van der Waals surface area contributed by atoms with E-state index < -0.39 is 0 Å². The highest BCUT2D eigenvalue weighted by molar-refractivity contribution is 6.36. The first-order valence-electron chi connectivity index (χ1n) is 10.2. The fraction of sp³-hybridized carbons (Fsp3) is 0.160. The van der Waals surface area contributed by atoms with Crippen molar-refractivity contribution in [3.63, 3.8) is 0 Å². The Hall–Kier alpha value is -4.13. The highest BCUT2D eigenvalue weighted by Gasteiger charge is 2.39. The summed E-state index contributed by atoms with van der Waals surface area (Å²) in [5.41, 5.74) is 3.76. The van der Waals surface area contributed by atoms with Crippen LogP contribution >= 0.6 is 0 Å². The molecule has 0 bridgehead atoms. The number of hydrogen-bond donors (Lipinski definition) is 1. The number of aromatic nitrogens is 1. The molecule has 1 N–H and O–H groups in total. The number of anilines is 2. The Kier molecular flexibility index (Phi) is 5.89. The second-order valence-electron chi connectivity index (χ2n) is 7.60. The van der Waals surface area contributed by atoms with Gasteiger partial charge in [0.25, 0.3) is 11.8 Å². The average molecular weight is 428 g/mol. The van der Waals surface area contributed by atoms with Gasteiger partial charge >= 0.3 is 0 Å². The zero-order valence-electron chi connectivity index (χ0n) is 18.2. The average Bonchev–Trinajstić information content (AvgIpc) is 3.04. The largest absolute Gasteiger partial charge is 0.497 e. The van der Waals surface area contributed by atoms with Crippen LogP contribution in [0, 0.1) is 0 Å². The van der Waals surface area contributed by atoms with Crippen molar-refractivity contribution in [2.75, 3.05) is 31.4 Å². The number of nitrogens with zero attached hydrogens (tertiary/aromatic N) is 3. The van der Waals surface area contributed by atoms with Crippen molar-refractivity contribution in [3.8, 4) is 5.75 Å². The number of carbonyl (C=O) groups is 2. The summed E-state index contributed by atoms with van der Waals surface area (Å²) in [6.07, 6.45) is 3.31. The molecule has 0 saturated carbocycles. The molecule has 1 aromatic heterocycles. The summed E-state index contributed by atoms with van der Waals surface area (Å²) < 4.78 is 5.23. The predicted octanol–water partition coefficient (Wildman–Crippen LogP) is 3.55. The Morgan fingerprint density at radius 3 is 2.28 bits per heavy atom. The number of methoxy groups -OCH3 is 1. The van der Waals surface area contributed by atoms with Gasteiger partial charge in [0.15, 0.2) is 0 Å². The summed E-state index contributed by atoms with van der Waals surface area (Å²) in [7, 11) is 5.50. The molecular formula is C25H24N4O3. The number of rotatable bonds is 7. The van der Waals surface area contributed by atoms with Crippen molar-refractivity contribution < 1.29 is 14.3 Å². The Morgan fingerprint density at radius 1 is 0.969 bits per heavy atom. The van der Waals surface area contributed by atoms with Gasteiger partial charge in [-0.05, 0) is 53.6 Å². The molecule has 2 heterocycles. The quantitative estimate of drug-likeness (QED) is 0.580. The van der Waals surface area contributed by atoms with Gasteiger partial charge in [-0.1, -0.05) is 18.2 Å². The maximum absolute atomic E-state index is 13.4. The molecule has 0 atom stereocenters. The molecule has 1 aliphatic heterocycles. The third kappa shape index (κ3) is 4.18. The van der Waals surface area contributed by atoms with Gasteiger partial charge < -0.3 is 15.0 Å². The Labute approximate surface area is 186 Å². The van der Waals surface area contributed by atoms with E-state index in [1.165, 1.54) is 4.90 Å². The van der Waals surface area contributed by atoms with Crippen LogP contribution in [0.3, 0.4) is 0 Å². The first-order valence-corrected chi connectivity index (χ1v) is 10.2. The summed E-state index contributed by atoms with van der Waals surface area (Å²) in [6, 6.07) is 18.4. The number of hydrogen-bond acceptors (Lipinski definition) is 6. The molecular weight excluding hydrogens is 404 g/mol. The standard InChI is InChI=1S/C25H24N4O3/c1-28(2)20-10-8-19(9-11-20)27-23-22(18-6-12-21(32-3)13-7-18)24(30)29(25(23)31)16-17-5-4-14-26-15-17/h4-15,27H,16H2,1-3H3. The highest BCUT2D eigenvalue weighted by Crippen LogP contribution is 2.32. The number of nitrogens with one attached hydrogen (secondary N) is 1. The molecule has 0 fully saturated rings. The van der Waals surface area contributed by atoms with Crippen LogP contribution in [0.4, 0.5) is 11.4 Å². The van der Waals surface area contributed by atoms with Crippen LogP contribution in [0.2, 0.25) is 0 Å². The van der Waals surface area contributed by atoms with E-state index in [0.29, 0.717) is 16.9 Å². The highest BCUT2D eigenvalue weighted by atomic mass is 16.5. The van der Waals surface area contributed by atoms with Crippen molar-refractivity contribution in [2.45, 2.75) is 6.54 Å². The Bertz CT molecular complexity index is 1150. The third-order valence-electron chi connectivity index (χ3n) is 5.26. The van der Waals surface area contributed by atoms with Gasteiger partial charge in [0, 0.05) is 37.9 Å². The number of carbonyl (C=O) groups excluding carboxylic acids is 2. The van der Waals surface area contributed by atoms with Gasteiger partial charge in [-0.2, -0.15) is 0 Å². The minimum atomic E-state index is -0.374. The van der Waals surface area contributed by atoms with E-state index >= 15 is 0 Å². The number of benzene rings is 2. The number of amides is 2. The van der Waals surface area contributed by atoms with Crippen molar-refractivity contribution in [2.24, 2.45) is 0 Å². The lowest BCUT2D eigenvalue weighted by Gasteiger charge is -2.16. The molecule has 0 radical (unpaired) electrons. The summed E-state index contributed by atoms with van der Waals surface area (Å²) in [6.45, 7) is 0.149. The number of ether oxygens (including phenoxy) is 1. The maximum atomic E-state index is 13.4. The van der Waals surface area contributed by atoms with E-state index in [1.54, 1.807) is 49.8 Å². The lowest BCUT2D eigenvalue weighted by Crippen LogP contribution is -2.32. The summed E-state index contributed by atoms with van der Waals surface area (Å²) in [4.78, 5) is 34.0. The first kappa shape index (κ1) is 21.1. The van der Waals surface area contributed by atoms with Gasteiger partial charge in [-0.3, -0.25) is 19.5 Å². The van der Waals surface area contributed by atoms with Crippen LogP contribution in [-0.4, -0.2) is 42.9 Å². The Morgan fingerprint density at radius 2 is 1.69 bits per heavy atom. The van der Waals surface area contributed by atoms with E-state index in [-0.39, 0.29) is 24.1 Å². The molecule has 0 unspecified atom stereocenters. The minimum Gasteiger partial charge on any atom is -0.497 e. The molecule has 7 heteroatoms. The van der Waals surface area contributed by atoms with Crippen LogP contribution in [0.25, 0.3) is 5.57 Å². The SMILES string of the molecule is COc1ccc(C2=C(Nc3ccc(N(C)C)cc3)C(=O)N(Cc3cccnc3)C2=O)cc1. The van der Waals surface area contributed by atoms with E-state index in [4.69, 9.17) is 4.74 Å². The maximum Gasteiger partial charge on any atom is 0.278 e. The lowest BCUT2D eigenvalue weighted by molar-refractivity contribution is -0.137. The summed E-state index contributed by atoms with van der Waals surface area (Å²) in [5, 5.41) is 3.18. The molecule has 162 valence electrons. The van der Waals surface area contributed by atoms with Gasteiger partial charge in [0.05, 0.1) is 19.2 Å². The van der Waals surface area contributed by atoms with Crippen molar-refractivity contribution >= 4 is 28.8 Å². The third-order valence-corrected chi connectivity index (χ3v) is 5.26. The fourth-order valence-electron chi connectivity index (χ4n) is 3.52. The summed E-state index contributed by atoms with van der Waals surface area (Å²) >= 11 is 0. The van der Waals surface area contributed by atoms with Crippen LogP contribution in [0.15, 0.2) is 78.8 Å². The normalized spacial score (nSPS) is 13.5. The Balaban J connectivity index is 1.71. The van der Waals surface area contributed by atoms with Gasteiger partial charge in [0.1, 0.15) is 11.4 Å². The van der Waals surface area contributed by atoms with Gasteiger partial charge in [0.2, 0.25) is 0 Å². The lowest BCUT2D eigenvalue weighted by atomic mass is 10.0. The van der Waals surface area contributed by atoms with Crippen molar-refractivity contribution in [3.05, 3.63) is 89.9 Å². The van der Waals surface area contributed by atoms with Crippen LogP contribution in [0.5, 0.6) is 5.75 Å². The van der Waals surface area contributed by atoms with E-state index in [1.807, 2.05) is 49.3 Å². The van der Waals surface area contributed by atoms with Crippen molar-refractivity contribution in [1.29, 1.82) is 0 Å². The zero-order chi connectivity index (χ0) is 22.7. The second-order valence-corrected chi connectivity index (χ2v) is 7.60. The van der Waals surface area contributed by atoms with Crippen LogP contribution in [-0.2, 0) is 16.1 Å². The monoisotopic (exact) mass is 428 g/mol. The molecule has 2 aromatic carbocycles. The van der Waals surface area contributed by atoms with Crippen LogP contribution in [0.1, 0.15) is 11.1 Å². The summed E-state index contributed by atoms with van der Waals surface area (Å²) in [5.74, 6) is -0.0510. The second kappa shape index (κ2) is 8.93. The zero-order valence-corrected chi connectivity index (χ0v) is 18.2. The van der Waals surface area contributed by atoms with Crippen LogP contribution < -0.4 is 15.0 Å². The molecule has 0 spiro atoms. The van der Waals surface area contributed by atoms with E-state index in [2.05, 4.69) is 10.3 Å².